The highest BCUT2D eigenvalue weighted by molar-refractivity contribution is 5.45. The molecule has 1 unspecified atom stereocenters. The first-order valence-corrected chi connectivity index (χ1v) is 6.82. The van der Waals surface area contributed by atoms with Gasteiger partial charge in [0.15, 0.2) is 11.5 Å². The number of aliphatic hydroxyl groups is 1. The van der Waals surface area contributed by atoms with Gasteiger partial charge in [-0.1, -0.05) is 35.9 Å². The Morgan fingerprint density at radius 2 is 1.80 bits per heavy atom. The molecule has 104 valence electrons. The molecule has 0 bridgehead atoms. The van der Waals surface area contributed by atoms with Gasteiger partial charge in [0, 0.05) is 5.92 Å². The van der Waals surface area contributed by atoms with Gasteiger partial charge in [-0.15, -0.1) is 0 Å². The lowest BCUT2D eigenvalue weighted by Crippen LogP contribution is -2.07. The van der Waals surface area contributed by atoms with E-state index in [-0.39, 0.29) is 12.5 Å². The molecule has 20 heavy (non-hydrogen) atoms. The minimum absolute atomic E-state index is 0.107. The van der Waals surface area contributed by atoms with Crippen LogP contribution in [0.15, 0.2) is 42.5 Å². The van der Waals surface area contributed by atoms with E-state index >= 15 is 0 Å². The Morgan fingerprint density at radius 3 is 2.55 bits per heavy atom. The molecule has 1 atom stereocenters. The van der Waals surface area contributed by atoms with Crippen LogP contribution in [-0.2, 0) is 6.42 Å². The molecule has 3 rings (SSSR count). The normalized spacial score (nSPS) is 14.3. The van der Waals surface area contributed by atoms with Gasteiger partial charge in [0.05, 0.1) is 6.61 Å². The zero-order valence-electron chi connectivity index (χ0n) is 11.5. The summed E-state index contributed by atoms with van der Waals surface area (Å²) in [5.41, 5.74) is 3.54. The lowest BCUT2D eigenvalue weighted by atomic mass is 9.92. The number of hydrogen-bond donors (Lipinski definition) is 1. The summed E-state index contributed by atoms with van der Waals surface area (Å²) >= 11 is 0. The summed E-state index contributed by atoms with van der Waals surface area (Å²) in [4.78, 5) is 0. The number of rotatable bonds is 4. The van der Waals surface area contributed by atoms with Crippen LogP contribution in [-0.4, -0.2) is 18.5 Å². The van der Waals surface area contributed by atoms with Crippen LogP contribution < -0.4 is 9.47 Å². The minimum Gasteiger partial charge on any atom is -0.454 e. The molecule has 0 saturated heterocycles. The van der Waals surface area contributed by atoms with Gasteiger partial charge < -0.3 is 14.6 Å². The van der Waals surface area contributed by atoms with Crippen molar-refractivity contribution in [2.24, 2.45) is 0 Å². The maximum Gasteiger partial charge on any atom is 0.231 e. The van der Waals surface area contributed by atoms with Gasteiger partial charge >= 0.3 is 0 Å². The molecule has 0 aliphatic carbocycles. The van der Waals surface area contributed by atoms with Crippen LogP contribution >= 0.6 is 0 Å². The van der Waals surface area contributed by atoms with Gasteiger partial charge in [-0.3, -0.25) is 0 Å². The lowest BCUT2D eigenvalue weighted by Gasteiger charge is -2.15. The van der Waals surface area contributed by atoms with Crippen molar-refractivity contribution >= 4 is 0 Å². The average Bonchev–Trinajstić information content (AvgIpc) is 2.93. The van der Waals surface area contributed by atoms with E-state index in [9.17, 15) is 5.11 Å². The number of fused-ring (bicyclic) bond motifs is 1. The molecule has 0 spiro atoms. The number of ether oxygens (including phenoxy) is 2. The van der Waals surface area contributed by atoms with Gasteiger partial charge in [0.1, 0.15) is 0 Å². The highest BCUT2D eigenvalue weighted by Crippen LogP contribution is 2.34. The van der Waals surface area contributed by atoms with E-state index in [4.69, 9.17) is 9.47 Å². The summed E-state index contributed by atoms with van der Waals surface area (Å²) in [5.74, 6) is 1.70. The lowest BCUT2D eigenvalue weighted by molar-refractivity contribution is 0.174. The smallest absolute Gasteiger partial charge is 0.231 e. The third kappa shape index (κ3) is 2.63. The van der Waals surface area contributed by atoms with Gasteiger partial charge in [-0.25, -0.2) is 0 Å². The Hall–Kier alpha value is -2.00. The van der Waals surface area contributed by atoms with Crippen molar-refractivity contribution in [3.05, 3.63) is 59.2 Å². The second kappa shape index (κ2) is 5.55. The van der Waals surface area contributed by atoms with E-state index in [0.717, 1.165) is 29.0 Å². The molecule has 0 fully saturated rings. The zero-order chi connectivity index (χ0) is 13.9. The first-order valence-electron chi connectivity index (χ1n) is 6.82. The fraction of sp³-hybridized carbons (Fsp3) is 0.294. The summed E-state index contributed by atoms with van der Waals surface area (Å²) in [5, 5.41) is 9.65. The predicted octanol–water partition coefficient (Wildman–Crippen LogP) is 3.04. The van der Waals surface area contributed by atoms with Crippen LogP contribution in [0.4, 0.5) is 0 Å². The number of hydrogen-bond acceptors (Lipinski definition) is 3. The van der Waals surface area contributed by atoms with Crippen molar-refractivity contribution in [2.75, 3.05) is 13.4 Å². The first-order chi connectivity index (χ1) is 9.76. The maximum absolute atomic E-state index is 9.65. The highest BCUT2D eigenvalue weighted by Gasteiger charge is 2.16. The Labute approximate surface area is 118 Å². The standard InChI is InChI=1S/C17H18O3/c1-12-2-5-14(6-3-12)15(10-18)8-13-4-7-16-17(9-13)20-11-19-16/h2-7,9,15,18H,8,10-11H2,1H3. The molecule has 0 saturated carbocycles. The van der Waals surface area contributed by atoms with Gasteiger partial charge in [-0.05, 0) is 36.6 Å². The minimum atomic E-state index is 0.107. The molecular formula is C17H18O3. The summed E-state index contributed by atoms with van der Waals surface area (Å²) in [6, 6.07) is 14.3. The molecule has 1 heterocycles. The summed E-state index contributed by atoms with van der Waals surface area (Å²) < 4.78 is 10.7. The number of aliphatic hydroxyl groups excluding tert-OH is 1. The van der Waals surface area contributed by atoms with E-state index in [1.165, 1.54) is 5.56 Å². The van der Waals surface area contributed by atoms with Crippen molar-refractivity contribution in [1.82, 2.24) is 0 Å². The second-order valence-electron chi connectivity index (χ2n) is 5.18. The topological polar surface area (TPSA) is 38.7 Å². The average molecular weight is 270 g/mol. The molecule has 0 radical (unpaired) electrons. The number of benzene rings is 2. The fourth-order valence-electron chi connectivity index (χ4n) is 2.48. The predicted molar refractivity (Wildman–Crippen MR) is 77.3 cm³/mol. The molecule has 0 amide bonds. The Morgan fingerprint density at radius 1 is 1.05 bits per heavy atom. The molecule has 3 nitrogen and oxygen atoms in total. The molecule has 1 aliphatic heterocycles. The molecule has 2 aromatic rings. The Kier molecular flexibility index (Phi) is 3.61. The third-order valence-electron chi connectivity index (χ3n) is 3.69. The van der Waals surface area contributed by atoms with E-state index in [0.29, 0.717) is 6.79 Å². The van der Waals surface area contributed by atoms with E-state index in [2.05, 4.69) is 31.2 Å². The summed E-state index contributed by atoms with van der Waals surface area (Å²) in [6.45, 7) is 2.49. The maximum atomic E-state index is 9.65. The van der Waals surface area contributed by atoms with Crippen LogP contribution in [0, 0.1) is 6.92 Å². The van der Waals surface area contributed by atoms with Gasteiger partial charge in [0.25, 0.3) is 0 Å². The van der Waals surface area contributed by atoms with Crippen LogP contribution in [0.2, 0.25) is 0 Å². The van der Waals surface area contributed by atoms with E-state index < -0.39 is 0 Å². The third-order valence-corrected chi connectivity index (χ3v) is 3.69. The van der Waals surface area contributed by atoms with Crippen LogP contribution in [0.3, 0.4) is 0 Å². The van der Waals surface area contributed by atoms with E-state index in [1.54, 1.807) is 0 Å². The van der Waals surface area contributed by atoms with Gasteiger partial charge in [0.2, 0.25) is 6.79 Å². The monoisotopic (exact) mass is 270 g/mol. The molecule has 0 aromatic heterocycles. The Balaban J connectivity index is 1.79. The van der Waals surface area contributed by atoms with Crippen molar-refractivity contribution in [3.8, 4) is 11.5 Å². The molecule has 1 N–H and O–H groups in total. The molecule has 1 aliphatic rings. The molecular weight excluding hydrogens is 252 g/mol. The largest absolute Gasteiger partial charge is 0.454 e. The van der Waals surface area contributed by atoms with Crippen molar-refractivity contribution < 1.29 is 14.6 Å². The van der Waals surface area contributed by atoms with Crippen LogP contribution in [0.5, 0.6) is 11.5 Å². The summed E-state index contributed by atoms with van der Waals surface area (Å²) in [6.07, 6.45) is 0.788. The molecule has 3 heteroatoms. The SMILES string of the molecule is Cc1ccc(C(CO)Cc2ccc3c(c2)OCO3)cc1. The molecule has 2 aromatic carbocycles. The highest BCUT2D eigenvalue weighted by atomic mass is 16.7. The van der Waals surface area contributed by atoms with Crippen LogP contribution in [0.1, 0.15) is 22.6 Å². The number of aryl methyl sites for hydroxylation is 1. The summed E-state index contributed by atoms with van der Waals surface area (Å²) in [7, 11) is 0. The van der Waals surface area contributed by atoms with E-state index in [1.807, 2.05) is 18.2 Å². The van der Waals surface area contributed by atoms with Crippen LogP contribution in [0.25, 0.3) is 0 Å². The second-order valence-corrected chi connectivity index (χ2v) is 5.18. The fourth-order valence-corrected chi connectivity index (χ4v) is 2.48. The first kappa shape index (κ1) is 13.0. The van der Waals surface area contributed by atoms with Crippen molar-refractivity contribution in [2.45, 2.75) is 19.3 Å². The quantitative estimate of drug-likeness (QED) is 0.928. The zero-order valence-corrected chi connectivity index (χ0v) is 11.5. The van der Waals surface area contributed by atoms with Crippen molar-refractivity contribution in [1.29, 1.82) is 0 Å². The van der Waals surface area contributed by atoms with Gasteiger partial charge in [-0.2, -0.15) is 0 Å². The Bertz CT molecular complexity index is 590. The van der Waals surface area contributed by atoms with Crippen molar-refractivity contribution in [3.63, 3.8) is 0 Å².